The van der Waals surface area contributed by atoms with Crippen LogP contribution in [0.3, 0.4) is 0 Å². The smallest absolute Gasteiger partial charge is 0.279 e. The molecule has 0 spiro atoms. The molecule has 5 nitrogen and oxygen atoms in total. The average molecular weight is 305 g/mol. The SMILES string of the molecule is CC(C)NCCCN(C)S(=O)(=O)NCC1(C)CCCC1. The van der Waals surface area contributed by atoms with E-state index in [4.69, 9.17) is 0 Å². The van der Waals surface area contributed by atoms with Crippen LogP contribution >= 0.6 is 0 Å². The van der Waals surface area contributed by atoms with Gasteiger partial charge in [-0.2, -0.15) is 12.7 Å². The first kappa shape index (κ1) is 17.9. The summed E-state index contributed by atoms with van der Waals surface area (Å²) >= 11 is 0. The predicted octanol–water partition coefficient (Wildman–Crippen LogP) is 1.72. The Morgan fingerprint density at radius 2 is 1.85 bits per heavy atom. The summed E-state index contributed by atoms with van der Waals surface area (Å²) in [5, 5.41) is 3.29. The van der Waals surface area contributed by atoms with Crippen molar-refractivity contribution in [3.8, 4) is 0 Å². The molecule has 0 radical (unpaired) electrons. The van der Waals surface area contributed by atoms with Crippen molar-refractivity contribution in [2.24, 2.45) is 5.41 Å². The largest absolute Gasteiger partial charge is 0.314 e. The van der Waals surface area contributed by atoms with Gasteiger partial charge < -0.3 is 5.32 Å². The van der Waals surface area contributed by atoms with Gasteiger partial charge in [0.2, 0.25) is 0 Å². The lowest BCUT2D eigenvalue weighted by Gasteiger charge is -2.26. The number of nitrogens with one attached hydrogen (secondary N) is 2. The fourth-order valence-electron chi connectivity index (χ4n) is 2.59. The topological polar surface area (TPSA) is 61.4 Å². The van der Waals surface area contributed by atoms with Gasteiger partial charge in [-0.05, 0) is 31.2 Å². The Morgan fingerprint density at radius 3 is 2.40 bits per heavy atom. The van der Waals surface area contributed by atoms with Crippen molar-refractivity contribution in [2.75, 3.05) is 26.7 Å². The molecule has 0 aliphatic heterocycles. The zero-order valence-electron chi connectivity index (χ0n) is 13.4. The molecule has 0 heterocycles. The molecule has 1 fully saturated rings. The van der Waals surface area contributed by atoms with Gasteiger partial charge in [-0.15, -0.1) is 0 Å². The van der Waals surface area contributed by atoms with Gasteiger partial charge in [0.05, 0.1) is 0 Å². The van der Waals surface area contributed by atoms with Crippen molar-refractivity contribution in [1.29, 1.82) is 0 Å². The van der Waals surface area contributed by atoms with Gasteiger partial charge in [-0.1, -0.05) is 33.6 Å². The molecule has 0 aromatic heterocycles. The first-order valence-electron chi connectivity index (χ1n) is 7.69. The van der Waals surface area contributed by atoms with Gasteiger partial charge in [0.15, 0.2) is 0 Å². The van der Waals surface area contributed by atoms with E-state index in [1.165, 1.54) is 17.1 Å². The highest BCUT2D eigenvalue weighted by molar-refractivity contribution is 7.87. The van der Waals surface area contributed by atoms with E-state index >= 15 is 0 Å². The Labute approximate surface area is 124 Å². The molecule has 20 heavy (non-hydrogen) atoms. The molecule has 0 bridgehead atoms. The minimum atomic E-state index is -3.33. The van der Waals surface area contributed by atoms with E-state index in [1.54, 1.807) is 7.05 Å². The van der Waals surface area contributed by atoms with Gasteiger partial charge in [-0.3, -0.25) is 0 Å². The van der Waals surface area contributed by atoms with E-state index in [2.05, 4.69) is 30.8 Å². The summed E-state index contributed by atoms with van der Waals surface area (Å²) in [6.07, 6.45) is 5.51. The summed E-state index contributed by atoms with van der Waals surface area (Å²) in [7, 11) is -1.68. The van der Waals surface area contributed by atoms with Crippen LogP contribution in [0.4, 0.5) is 0 Å². The molecule has 1 saturated carbocycles. The van der Waals surface area contributed by atoms with E-state index in [1.807, 2.05) is 0 Å². The fourth-order valence-corrected chi connectivity index (χ4v) is 3.71. The molecule has 0 saturated heterocycles. The molecule has 120 valence electrons. The van der Waals surface area contributed by atoms with Crippen molar-refractivity contribution in [3.05, 3.63) is 0 Å². The van der Waals surface area contributed by atoms with Crippen molar-refractivity contribution in [2.45, 2.75) is 58.9 Å². The van der Waals surface area contributed by atoms with Crippen molar-refractivity contribution >= 4 is 10.2 Å². The third-order valence-corrected chi connectivity index (χ3v) is 5.62. The standard InChI is InChI=1S/C14H31N3O2S/c1-13(2)15-10-7-11-17(4)20(18,19)16-12-14(3)8-5-6-9-14/h13,15-16H,5-12H2,1-4H3. The third kappa shape index (κ3) is 6.08. The summed E-state index contributed by atoms with van der Waals surface area (Å²) in [5.41, 5.74) is 0.146. The highest BCUT2D eigenvalue weighted by atomic mass is 32.2. The molecule has 2 N–H and O–H groups in total. The molecule has 6 heteroatoms. The van der Waals surface area contributed by atoms with Crippen molar-refractivity contribution in [3.63, 3.8) is 0 Å². The third-order valence-electron chi connectivity index (χ3n) is 4.10. The summed E-state index contributed by atoms with van der Waals surface area (Å²) in [4.78, 5) is 0. The van der Waals surface area contributed by atoms with Gasteiger partial charge in [0.25, 0.3) is 10.2 Å². The monoisotopic (exact) mass is 305 g/mol. The lowest BCUT2D eigenvalue weighted by atomic mass is 9.89. The number of nitrogens with zero attached hydrogens (tertiary/aromatic N) is 1. The maximum Gasteiger partial charge on any atom is 0.279 e. The molecule has 0 atom stereocenters. The fraction of sp³-hybridized carbons (Fsp3) is 1.00. The number of hydrogen-bond acceptors (Lipinski definition) is 3. The Morgan fingerprint density at radius 1 is 1.25 bits per heavy atom. The molecular formula is C14H31N3O2S. The first-order valence-corrected chi connectivity index (χ1v) is 9.13. The van der Waals surface area contributed by atoms with Crippen LogP contribution in [0.5, 0.6) is 0 Å². The summed E-state index contributed by atoms with van der Waals surface area (Å²) in [5.74, 6) is 0. The lowest BCUT2D eigenvalue weighted by molar-refractivity contribution is 0.330. The van der Waals surface area contributed by atoms with E-state index in [9.17, 15) is 8.42 Å². The van der Waals surface area contributed by atoms with Gasteiger partial charge in [0, 0.05) is 26.2 Å². The first-order chi connectivity index (χ1) is 9.25. The highest BCUT2D eigenvalue weighted by Gasteiger charge is 2.30. The molecular weight excluding hydrogens is 274 g/mol. The van der Waals surface area contributed by atoms with Crippen LogP contribution in [0.15, 0.2) is 0 Å². The second kappa shape index (κ2) is 7.73. The summed E-state index contributed by atoms with van der Waals surface area (Å²) in [6.45, 7) is 8.30. The molecule has 0 aromatic carbocycles. The zero-order chi connectivity index (χ0) is 15.2. The van der Waals surface area contributed by atoms with Gasteiger partial charge >= 0.3 is 0 Å². The van der Waals surface area contributed by atoms with E-state index in [-0.39, 0.29) is 5.41 Å². The second-order valence-electron chi connectivity index (χ2n) is 6.63. The number of rotatable bonds is 9. The maximum absolute atomic E-state index is 12.2. The van der Waals surface area contributed by atoms with Crippen LogP contribution in [-0.4, -0.2) is 45.4 Å². The normalized spacial score (nSPS) is 19.1. The minimum absolute atomic E-state index is 0.146. The Bertz CT molecular complexity index is 376. The van der Waals surface area contributed by atoms with Crippen molar-refractivity contribution < 1.29 is 8.42 Å². The van der Waals surface area contributed by atoms with E-state index in [0.29, 0.717) is 19.1 Å². The van der Waals surface area contributed by atoms with Crippen LogP contribution in [0.1, 0.15) is 52.9 Å². The second-order valence-corrected chi connectivity index (χ2v) is 8.49. The molecule has 1 aliphatic carbocycles. The Hall–Kier alpha value is -0.170. The average Bonchev–Trinajstić information content (AvgIpc) is 2.79. The maximum atomic E-state index is 12.2. The summed E-state index contributed by atoms with van der Waals surface area (Å²) < 4.78 is 28.5. The lowest BCUT2D eigenvalue weighted by Crippen LogP contribution is -2.43. The molecule has 0 unspecified atom stereocenters. The minimum Gasteiger partial charge on any atom is -0.314 e. The van der Waals surface area contributed by atoms with Crippen LogP contribution in [-0.2, 0) is 10.2 Å². The Kier molecular flexibility index (Phi) is 6.91. The molecule has 0 aromatic rings. The van der Waals surface area contributed by atoms with Gasteiger partial charge in [-0.25, -0.2) is 4.72 Å². The van der Waals surface area contributed by atoms with Crippen LogP contribution in [0.25, 0.3) is 0 Å². The van der Waals surface area contributed by atoms with Crippen molar-refractivity contribution in [1.82, 2.24) is 14.3 Å². The number of hydrogen-bond donors (Lipinski definition) is 2. The molecule has 1 rings (SSSR count). The highest BCUT2D eigenvalue weighted by Crippen LogP contribution is 2.36. The zero-order valence-corrected chi connectivity index (χ0v) is 14.2. The van der Waals surface area contributed by atoms with Crippen LogP contribution < -0.4 is 10.0 Å². The van der Waals surface area contributed by atoms with E-state index < -0.39 is 10.2 Å². The molecule has 0 amide bonds. The molecule has 1 aliphatic rings. The quantitative estimate of drug-likeness (QED) is 0.638. The predicted molar refractivity (Wildman–Crippen MR) is 83.9 cm³/mol. The van der Waals surface area contributed by atoms with E-state index in [0.717, 1.165) is 25.8 Å². The van der Waals surface area contributed by atoms with Gasteiger partial charge in [0.1, 0.15) is 0 Å². The van der Waals surface area contributed by atoms with Crippen LogP contribution in [0.2, 0.25) is 0 Å². The van der Waals surface area contributed by atoms with Crippen LogP contribution in [0, 0.1) is 5.41 Å². The summed E-state index contributed by atoms with van der Waals surface area (Å²) in [6, 6.07) is 0.442. The Balaban J connectivity index is 2.31.